The number of nitro benzene ring substituents is 1. The molecule has 0 saturated carbocycles. The quantitative estimate of drug-likeness (QED) is 0.590. The van der Waals surface area contributed by atoms with Crippen molar-refractivity contribution in [3.63, 3.8) is 0 Å². The first kappa shape index (κ1) is 10.1. The predicted octanol–water partition coefficient (Wildman–Crippen LogP) is 1.43. The van der Waals surface area contributed by atoms with Crippen molar-refractivity contribution >= 4 is 28.3 Å². The lowest BCUT2D eigenvalue weighted by atomic mass is 10.2. The molecule has 0 aliphatic carbocycles. The van der Waals surface area contributed by atoms with Crippen molar-refractivity contribution in [1.29, 1.82) is 0 Å². The second-order valence-corrected chi connectivity index (χ2v) is 3.20. The predicted molar refractivity (Wildman–Crippen MR) is 57.1 cm³/mol. The van der Waals surface area contributed by atoms with Crippen molar-refractivity contribution < 1.29 is 9.72 Å². The first-order valence-corrected chi connectivity index (χ1v) is 4.47. The van der Waals surface area contributed by atoms with Gasteiger partial charge in [-0.1, -0.05) is 0 Å². The molecule has 0 fully saturated rings. The standard InChI is InChI=1S/C9H8N4O3/c1-5(14)12-9-7(13(15)16)3-2-6-8(9)11-4-10-6/h2-4H,1H3,(H,10,11)(H,12,14). The van der Waals surface area contributed by atoms with Gasteiger partial charge in [-0.25, -0.2) is 4.98 Å². The van der Waals surface area contributed by atoms with Gasteiger partial charge in [-0.2, -0.15) is 0 Å². The van der Waals surface area contributed by atoms with Gasteiger partial charge < -0.3 is 10.3 Å². The van der Waals surface area contributed by atoms with E-state index < -0.39 is 4.92 Å². The van der Waals surface area contributed by atoms with Crippen LogP contribution in [-0.2, 0) is 4.79 Å². The monoisotopic (exact) mass is 220 g/mol. The van der Waals surface area contributed by atoms with E-state index in [0.29, 0.717) is 11.0 Å². The van der Waals surface area contributed by atoms with Crippen molar-refractivity contribution in [2.24, 2.45) is 0 Å². The average Bonchev–Trinajstić information content (AvgIpc) is 2.64. The van der Waals surface area contributed by atoms with Crippen molar-refractivity contribution in [2.75, 3.05) is 5.32 Å². The maximum absolute atomic E-state index is 11.0. The van der Waals surface area contributed by atoms with Crippen LogP contribution in [-0.4, -0.2) is 20.8 Å². The molecule has 0 radical (unpaired) electrons. The lowest BCUT2D eigenvalue weighted by Gasteiger charge is -2.03. The number of nitro groups is 1. The maximum Gasteiger partial charge on any atom is 0.295 e. The summed E-state index contributed by atoms with van der Waals surface area (Å²) in [6, 6.07) is 2.87. The topological polar surface area (TPSA) is 101 Å². The molecule has 0 spiro atoms. The molecule has 7 nitrogen and oxygen atoms in total. The molecule has 2 rings (SSSR count). The van der Waals surface area contributed by atoms with Gasteiger partial charge >= 0.3 is 0 Å². The molecule has 1 heterocycles. The smallest absolute Gasteiger partial charge is 0.295 e. The summed E-state index contributed by atoms with van der Waals surface area (Å²) >= 11 is 0. The zero-order valence-corrected chi connectivity index (χ0v) is 8.35. The number of amides is 1. The molecule has 1 aromatic carbocycles. The number of fused-ring (bicyclic) bond motifs is 1. The number of anilines is 1. The van der Waals surface area contributed by atoms with Crippen LogP contribution < -0.4 is 5.32 Å². The summed E-state index contributed by atoms with van der Waals surface area (Å²) in [7, 11) is 0. The Morgan fingerprint density at radius 1 is 1.56 bits per heavy atom. The second-order valence-electron chi connectivity index (χ2n) is 3.20. The molecular formula is C9H8N4O3. The highest BCUT2D eigenvalue weighted by Crippen LogP contribution is 2.30. The summed E-state index contributed by atoms with van der Waals surface area (Å²) in [5, 5.41) is 13.2. The zero-order valence-electron chi connectivity index (χ0n) is 8.35. The Bertz CT molecular complexity index is 575. The summed E-state index contributed by atoms with van der Waals surface area (Å²) in [6.45, 7) is 1.29. The largest absolute Gasteiger partial charge is 0.345 e. The molecule has 0 aliphatic rings. The van der Waals surface area contributed by atoms with Crippen molar-refractivity contribution in [1.82, 2.24) is 9.97 Å². The van der Waals surface area contributed by atoms with Crippen LogP contribution in [0.15, 0.2) is 18.5 Å². The molecule has 16 heavy (non-hydrogen) atoms. The van der Waals surface area contributed by atoms with E-state index in [2.05, 4.69) is 15.3 Å². The van der Waals surface area contributed by atoms with Crippen molar-refractivity contribution in [2.45, 2.75) is 6.92 Å². The van der Waals surface area contributed by atoms with Gasteiger partial charge in [-0.15, -0.1) is 0 Å². The number of aromatic amines is 1. The van der Waals surface area contributed by atoms with E-state index in [0.717, 1.165) is 0 Å². The Morgan fingerprint density at radius 2 is 2.31 bits per heavy atom. The van der Waals surface area contributed by atoms with Gasteiger partial charge in [0.2, 0.25) is 5.91 Å². The normalized spacial score (nSPS) is 10.3. The van der Waals surface area contributed by atoms with Crippen LogP contribution in [0.3, 0.4) is 0 Å². The Balaban J connectivity index is 2.70. The molecule has 0 unspecified atom stereocenters. The van der Waals surface area contributed by atoms with E-state index in [4.69, 9.17) is 0 Å². The Kier molecular flexibility index (Phi) is 2.28. The van der Waals surface area contributed by atoms with Gasteiger partial charge in [0.05, 0.1) is 16.8 Å². The molecular weight excluding hydrogens is 212 g/mol. The van der Waals surface area contributed by atoms with Gasteiger partial charge in [0.1, 0.15) is 11.2 Å². The van der Waals surface area contributed by atoms with Gasteiger partial charge in [0, 0.05) is 13.0 Å². The van der Waals surface area contributed by atoms with Gasteiger partial charge in [0.25, 0.3) is 5.69 Å². The number of aromatic nitrogens is 2. The molecule has 2 aromatic rings. The van der Waals surface area contributed by atoms with Crippen LogP contribution in [0.2, 0.25) is 0 Å². The Labute approximate surface area is 89.6 Å². The maximum atomic E-state index is 11.0. The third-order valence-electron chi connectivity index (χ3n) is 2.07. The fourth-order valence-electron chi connectivity index (χ4n) is 1.45. The highest BCUT2D eigenvalue weighted by Gasteiger charge is 2.19. The fraction of sp³-hybridized carbons (Fsp3) is 0.111. The highest BCUT2D eigenvalue weighted by molar-refractivity contribution is 6.02. The van der Waals surface area contributed by atoms with E-state index >= 15 is 0 Å². The van der Waals surface area contributed by atoms with Crippen LogP contribution in [0.4, 0.5) is 11.4 Å². The lowest BCUT2D eigenvalue weighted by molar-refractivity contribution is -0.383. The Morgan fingerprint density at radius 3 is 2.94 bits per heavy atom. The summed E-state index contributed by atoms with van der Waals surface area (Å²) in [6.07, 6.45) is 1.42. The van der Waals surface area contributed by atoms with E-state index in [1.807, 2.05) is 0 Å². The van der Waals surface area contributed by atoms with Gasteiger partial charge in [-0.3, -0.25) is 14.9 Å². The van der Waals surface area contributed by atoms with Crippen molar-refractivity contribution in [3.8, 4) is 0 Å². The minimum atomic E-state index is -0.556. The van der Waals surface area contributed by atoms with Gasteiger partial charge in [-0.05, 0) is 6.07 Å². The molecule has 0 atom stereocenters. The summed E-state index contributed by atoms with van der Waals surface area (Å²) in [4.78, 5) is 28.0. The third-order valence-corrected chi connectivity index (χ3v) is 2.07. The number of H-pyrrole nitrogens is 1. The zero-order chi connectivity index (χ0) is 11.7. The molecule has 1 aromatic heterocycles. The molecule has 0 saturated heterocycles. The number of nitrogens with one attached hydrogen (secondary N) is 2. The SMILES string of the molecule is CC(=O)Nc1c([N+](=O)[O-])ccc2[nH]cnc12. The summed E-state index contributed by atoms with van der Waals surface area (Å²) in [5.41, 5.74) is 0.963. The van der Waals surface area contributed by atoms with Crippen LogP contribution in [0.1, 0.15) is 6.92 Å². The van der Waals surface area contributed by atoms with Crippen molar-refractivity contribution in [3.05, 3.63) is 28.6 Å². The Hall–Kier alpha value is -2.44. The number of rotatable bonds is 2. The molecule has 2 N–H and O–H groups in total. The molecule has 7 heteroatoms. The van der Waals surface area contributed by atoms with E-state index in [1.54, 1.807) is 6.07 Å². The number of nitrogens with zero attached hydrogens (tertiary/aromatic N) is 2. The summed E-state index contributed by atoms with van der Waals surface area (Å²) in [5.74, 6) is -0.376. The number of benzene rings is 1. The highest BCUT2D eigenvalue weighted by atomic mass is 16.6. The minimum absolute atomic E-state index is 0.122. The molecule has 1 amide bonds. The first-order valence-electron chi connectivity index (χ1n) is 4.47. The number of imidazole rings is 1. The summed E-state index contributed by atoms with van der Waals surface area (Å²) < 4.78 is 0. The van der Waals surface area contributed by atoms with Crippen LogP contribution in [0.5, 0.6) is 0 Å². The third kappa shape index (κ3) is 1.58. The molecule has 0 aliphatic heterocycles. The molecule has 82 valence electrons. The number of hydrogen-bond acceptors (Lipinski definition) is 4. The van der Waals surface area contributed by atoms with Crippen LogP contribution in [0.25, 0.3) is 11.0 Å². The van der Waals surface area contributed by atoms with E-state index in [9.17, 15) is 14.9 Å². The number of carbonyl (C=O) groups excluding carboxylic acids is 1. The number of carbonyl (C=O) groups is 1. The number of hydrogen-bond donors (Lipinski definition) is 2. The second kappa shape index (κ2) is 3.61. The average molecular weight is 220 g/mol. The first-order chi connectivity index (χ1) is 7.59. The van der Waals surface area contributed by atoms with E-state index in [-0.39, 0.29) is 17.3 Å². The molecule has 0 bridgehead atoms. The van der Waals surface area contributed by atoms with E-state index in [1.165, 1.54) is 19.3 Å². The lowest BCUT2D eigenvalue weighted by Crippen LogP contribution is -2.08. The van der Waals surface area contributed by atoms with Gasteiger partial charge in [0.15, 0.2) is 0 Å². The fourth-order valence-corrected chi connectivity index (χ4v) is 1.45. The van der Waals surface area contributed by atoms with Crippen LogP contribution in [0, 0.1) is 10.1 Å². The van der Waals surface area contributed by atoms with Crippen LogP contribution >= 0.6 is 0 Å². The minimum Gasteiger partial charge on any atom is -0.345 e.